The molecule has 1 aliphatic carbocycles. The van der Waals surface area contributed by atoms with E-state index in [1.54, 1.807) is 30.3 Å². The normalized spacial score (nSPS) is 19.3. The summed E-state index contributed by atoms with van der Waals surface area (Å²) in [6.07, 6.45) is -0.469. The lowest BCUT2D eigenvalue weighted by molar-refractivity contribution is -0.140. The van der Waals surface area contributed by atoms with E-state index < -0.39 is 11.9 Å². The fourth-order valence-corrected chi connectivity index (χ4v) is 4.16. The minimum atomic E-state index is -4.49. The van der Waals surface area contributed by atoms with Crippen LogP contribution in [0.2, 0.25) is 0 Å². The molecular weight excluding hydrogens is 423 g/mol. The molecule has 3 heterocycles. The molecule has 1 saturated carbocycles. The number of halogens is 3. The predicted molar refractivity (Wildman–Crippen MR) is 111 cm³/mol. The van der Waals surface area contributed by atoms with Crippen LogP contribution in [0.3, 0.4) is 0 Å². The molecule has 0 atom stereocenters. The highest BCUT2D eigenvalue weighted by molar-refractivity contribution is 6.04. The van der Waals surface area contributed by atoms with Gasteiger partial charge in [0.1, 0.15) is 11.5 Å². The van der Waals surface area contributed by atoms with Crippen molar-refractivity contribution in [3.05, 3.63) is 60.0 Å². The Balaban J connectivity index is 1.22. The Morgan fingerprint density at radius 1 is 1.03 bits per heavy atom. The summed E-state index contributed by atoms with van der Waals surface area (Å²) in [5, 5.41) is 10.9. The molecule has 1 aromatic carbocycles. The molecule has 32 heavy (non-hydrogen) atoms. The highest BCUT2D eigenvalue weighted by atomic mass is 19.4. The Morgan fingerprint density at radius 2 is 1.78 bits per heavy atom. The Hall–Kier alpha value is -3.56. The summed E-state index contributed by atoms with van der Waals surface area (Å²) in [6.45, 7) is 0. The van der Waals surface area contributed by atoms with Crippen LogP contribution in [0.25, 0.3) is 16.6 Å². The van der Waals surface area contributed by atoms with E-state index in [0.29, 0.717) is 16.8 Å². The highest BCUT2D eigenvalue weighted by Gasteiger charge is 2.34. The summed E-state index contributed by atoms with van der Waals surface area (Å²) in [6, 6.07) is 12.2. The molecule has 5 rings (SSSR count). The monoisotopic (exact) mass is 443 g/mol. The summed E-state index contributed by atoms with van der Waals surface area (Å²) in [5.74, 6) is 0.293. The average molecular weight is 443 g/mol. The van der Waals surface area contributed by atoms with E-state index in [2.05, 4.69) is 20.8 Å². The van der Waals surface area contributed by atoms with E-state index >= 15 is 0 Å². The number of para-hydroxylation sites is 1. The molecule has 1 aliphatic rings. The van der Waals surface area contributed by atoms with Gasteiger partial charge < -0.3 is 15.2 Å². The van der Waals surface area contributed by atoms with Crippen molar-refractivity contribution in [2.45, 2.75) is 43.9 Å². The lowest BCUT2D eigenvalue weighted by atomic mass is 9.91. The van der Waals surface area contributed by atoms with Crippen LogP contribution in [-0.2, 0) is 6.18 Å². The third-order valence-electron chi connectivity index (χ3n) is 5.79. The van der Waals surface area contributed by atoms with Gasteiger partial charge in [-0.3, -0.25) is 9.20 Å². The number of nitrogens with one attached hydrogen (secondary N) is 2. The van der Waals surface area contributed by atoms with Crippen LogP contribution in [0, 0.1) is 0 Å². The standard InChI is InChI=1S/C22H20F3N5O2/c23-22(24,25)17-12-30-18(6-3-7-19(30)28-17)26-13-8-10-14(11-9-13)27-21(31)20-15-4-1-2-5-16(15)32-29-20/h1-7,12-14,26H,8-11H2,(H,27,31). The van der Waals surface area contributed by atoms with Gasteiger partial charge in [-0.1, -0.05) is 23.4 Å². The zero-order valence-electron chi connectivity index (χ0n) is 16.9. The summed E-state index contributed by atoms with van der Waals surface area (Å²) in [5.41, 5.74) is 0.155. The van der Waals surface area contributed by atoms with E-state index in [4.69, 9.17) is 4.52 Å². The molecule has 1 fully saturated rings. The van der Waals surface area contributed by atoms with Gasteiger partial charge >= 0.3 is 6.18 Å². The second-order valence-corrected chi connectivity index (χ2v) is 7.96. The molecule has 2 N–H and O–H groups in total. The number of amides is 1. The third-order valence-corrected chi connectivity index (χ3v) is 5.79. The quantitative estimate of drug-likeness (QED) is 0.480. The molecule has 7 nitrogen and oxygen atoms in total. The number of carbonyl (C=O) groups is 1. The van der Waals surface area contributed by atoms with Gasteiger partial charge in [-0.15, -0.1) is 0 Å². The largest absolute Gasteiger partial charge is 0.434 e. The lowest BCUT2D eigenvalue weighted by Crippen LogP contribution is -2.40. The number of hydrogen-bond donors (Lipinski definition) is 2. The van der Waals surface area contributed by atoms with Crippen molar-refractivity contribution >= 4 is 28.3 Å². The fourth-order valence-electron chi connectivity index (χ4n) is 4.16. The number of pyridine rings is 1. The van der Waals surface area contributed by atoms with Gasteiger partial charge in [0.2, 0.25) is 0 Å². The van der Waals surface area contributed by atoms with Crippen LogP contribution in [0.4, 0.5) is 19.0 Å². The van der Waals surface area contributed by atoms with Crippen LogP contribution in [0.15, 0.2) is 53.2 Å². The molecule has 0 bridgehead atoms. The smallest absolute Gasteiger partial charge is 0.368 e. The molecule has 0 spiro atoms. The van der Waals surface area contributed by atoms with Crippen molar-refractivity contribution < 1.29 is 22.5 Å². The molecule has 0 unspecified atom stereocenters. The number of fused-ring (bicyclic) bond motifs is 2. The Labute approximate surface area is 180 Å². The number of imidazole rings is 1. The summed E-state index contributed by atoms with van der Waals surface area (Å²) in [4.78, 5) is 16.3. The van der Waals surface area contributed by atoms with Crippen molar-refractivity contribution in [3.8, 4) is 0 Å². The van der Waals surface area contributed by atoms with Crippen LogP contribution >= 0.6 is 0 Å². The maximum Gasteiger partial charge on any atom is 0.434 e. The van der Waals surface area contributed by atoms with Crippen LogP contribution in [0.5, 0.6) is 0 Å². The summed E-state index contributed by atoms with van der Waals surface area (Å²) >= 11 is 0. The van der Waals surface area contributed by atoms with Gasteiger partial charge in [0, 0.05) is 18.3 Å². The average Bonchev–Trinajstić information content (AvgIpc) is 3.40. The molecular formula is C22H20F3N5O2. The Morgan fingerprint density at radius 3 is 2.56 bits per heavy atom. The number of alkyl halides is 3. The van der Waals surface area contributed by atoms with Gasteiger partial charge in [-0.2, -0.15) is 13.2 Å². The fraction of sp³-hybridized carbons (Fsp3) is 0.318. The van der Waals surface area contributed by atoms with Crippen molar-refractivity contribution in [3.63, 3.8) is 0 Å². The maximum atomic E-state index is 13.0. The van der Waals surface area contributed by atoms with E-state index in [1.165, 1.54) is 4.40 Å². The van der Waals surface area contributed by atoms with Crippen molar-refractivity contribution in [1.29, 1.82) is 0 Å². The Kier molecular flexibility index (Phi) is 4.99. The van der Waals surface area contributed by atoms with Gasteiger partial charge in [0.25, 0.3) is 5.91 Å². The number of aromatic nitrogens is 3. The van der Waals surface area contributed by atoms with Gasteiger partial charge in [0.15, 0.2) is 17.0 Å². The summed E-state index contributed by atoms with van der Waals surface area (Å²) < 4.78 is 45.7. The molecule has 166 valence electrons. The molecule has 10 heteroatoms. The molecule has 1 amide bonds. The van der Waals surface area contributed by atoms with E-state index in [1.807, 2.05) is 12.1 Å². The Bertz CT molecular complexity index is 1270. The minimum Gasteiger partial charge on any atom is -0.368 e. The van der Waals surface area contributed by atoms with Crippen LogP contribution < -0.4 is 10.6 Å². The molecule has 0 aliphatic heterocycles. The zero-order chi connectivity index (χ0) is 22.3. The second kappa shape index (κ2) is 7.85. The first-order valence-corrected chi connectivity index (χ1v) is 10.4. The van der Waals surface area contributed by atoms with Crippen LogP contribution in [-0.4, -0.2) is 32.5 Å². The molecule has 3 aromatic heterocycles. The number of rotatable bonds is 4. The minimum absolute atomic E-state index is 0.00289. The second-order valence-electron chi connectivity index (χ2n) is 7.96. The maximum absolute atomic E-state index is 13.0. The first kappa shape index (κ1) is 20.3. The van der Waals surface area contributed by atoms with Crippen molar-refractivity contribution in [1.82, 2.24) is 19.9 Å². The number of benzene rings is 1. The van der Waals surface area contributed by atoms with Gasteiger partial charge in [-0.05, 0) is 49.9 Å². The number of hydrogen-bond acceptors (Lipinski definition) is 5. The van der Waals surface area contributed by atoms with E-state index in [9.17, 15) is 18.0 Å². The number of carbonyl (C=O) groups excluding carboxylic acids is 1. The van der Waals surface area contributed by atoms with Gasteiger partial charge in [0.05, 0.1) is 5.39 Å². The first-order valence-electron chi connectivity index (χ1n) is 10.4. The lowest BCUT2D eigenvalue weighted by Gasteiger charge is -2.30. The van der Waals surface area contributed by atoms with E-state index in [0.717, 1.165) is 31.9 Å². The van der Waals surface area contributed by atoms with Crippen molar-refractivity contribution in [2.24, 2.45) is 0 Å². The number of anilines is 1. The van der Waals surface area contributed by atoms with Crippen molar-refractivity contribution in [2.75, 3.05) is 5.32 Å². The molecule has 0 saturated heterocycles. The zero-order valence-corrected chi connectivity index (χ0v) is 16.9. The molecule has 4 aromatic rings. The molecule has 0 radical (unpaired) electrons. The first-order chi connectivity index (χ1) is 15.4. The van der Waals surface area contributed by atoms with Gasteiger partial charge in [-0.25, -0.2) is 4.98 Å². The van der Waals surface area contributed by atoms with E-state index in [-0.39, 0.29) is 29.3 Å². The number of nitrogens with zero attached hydrogens (tertiary/aromatic N) is 3. The third kappa shape index (κ3) is 3.88. The van der Waals surface area contributed by atoms with Crippen LogP contribution in [0.1, 0.15) is 41.9 Å². The topological polar surface area (TPSA) is 84.5 Å². The highest BCUT2D eigenvalue weighted by Crippen LogP contribution is 2.30. The predicted octanol–water partition coefficient (Wildman–Crippen LogP) is 4.65. The SMILES string of the molecule is O=C(NC1CCC(Nc2cccc3nc(C(F)(F)F)cn23)CC1)c1noc2ccccc12. The summed E-state index contributed by atoms with van der Waals surface area (Å²) in [7, 11) is 0.